The smallest absolute Gasteiger partial charge is 0.222 e. The summed E-state index contributed by atoms with van der Waals surface area (Å²) in [5.41, 5.74) is 2.64. The van der Waals surface area contributed by atoms with Crippen LogP contribution in [0.15, 0.2) is 29.0 Å². The average molecular weight is 310 g/mol. The zero-order valence-electron chi connectivity index (χ0n) is 13.2. The van der Waals surface area contributed by atoms with Crippen molar-refractivity contribution in [3.8, 4) is 0 Å². The lowest BCUT2D eigenvalue weighted by molar-refractivity contribution is 0.284. The lowest BCUT2D eigenvalue weighted by atomic mass is 9.98. The summed E-state index contributed by atoms with van der Waals surface area (Å²) in [5, 5.41) is 3.40. The second kappa shape index (κ2) is 5.34. The van der Waals surface area contributed by atoms with E-state index in [1.165, 1.54) is 24.1 Å². The maximum atomic E-state index is 5.48. The summed E-state index contributed by atoms with van der Waals surface area (Å²) in [6.45, 7) is 4.17. The number of hydrogen-bond acceptors (Lipinski definition) is 5. The van der Waals surface area contributed by atoms with Gasteiger partial charge in [0.15, 0.2) is 0 Å². The molecule has 1 N–H and O–H groups in total. The molecule has 1 saturated carbocycles. The predicted octanol–water partition coefficient (Wildman–Crippen LogP) is 2.66. The summed E-state index contributed by atoms with van der Waals surface area (Å²) in [6.07, 6.45) is 7.63. The van der Waals surface area contributed by atoms with Crippen molar-refractivity contribution in [1.82, 2.24) is 14.9 Å². The number of nitrogens with one attached hydrogen (secondary N) is 1. The van der Waals surface area contributed by atoms with E-state index in [1.54, 1.807) is 6.26 Å². The lowest BCUT2D eigenvalue weighted by Gasteiger charge is -2.15. The van der Waals surface area contributed by atoms with Crippen LogP contribution in [-0.2, 0) is 13.0 Å². The van der Waals surface area contributed by atoms with Gasteiger partial charge in [0.25, 0.3) is 0 Å². The summed E-state index contributed by atoms with van der Waals surface area (Å²) in [5.74, 6) is 4.01. The van der Waals surface area contributed by atoms with E-state index in [9.17, 15) is 0 Å². The van der Waals surface area contributed by atoms with Crippen molar-refractivity contribution in [3.63, 3.8) is 0 Å². The molecule has 3 aliphatic rings. The zero-order valence-corrected chi connectivity index (χ0v) is 13.2. The SMILES string of the molecule is c1coc(CN2C[C@@H]3Cc4nc(NCC5CC5)ncc4[C@H]3C2)c1. The van der Waals surface area contributed by atoms with Gasteiger partial charge in [0.2, 0.25) is 5.95 Å². The van der Waals surface area contributed by atoms with E-state index in [0.717, 1.165) is 50.2 Å². The van der Waals surface area contributed by atoms with E-state index in [2.05, 4.69) is 27.5 Å². The summed E-state index contributed by atoms with van der Waals surface area (Å²) in [7, 11) is 0. The molecule has 0 bridgehead atoms. The molecule has 2 aromatic heterocycles. The molecule has 23 heavy (non-hydrogen) atoms. The molecule has 0 radical (unpaired) electrons. The minimum Gasteiger partial charge on any atom is -0.468 e. The van der Waals surface area contributed by atoms with Crippen LogP contribution in [0.4, 0.5) is 5.95 Å². The summed E-state index contributed by atoms with van der Waals surface area (Å²) in [4.78, 5) is 11.8. The molecule has 1 saturated heterocycles. The Hall–Kier alpha value is -1.88. The normalized spacial score (nSPS) is 26.3. The maximum absolute atomic E-state index is 5.48. The number of likely N-dealkylation sites (tertiary alicyclic amines) is 1. The maximum Gasteiger partial charge on any atom is 0.222 e. The van der Waals surface area contributed by atoms with Gasteiger partial charge < -0.3 is 9.73 Å². The van der Waals surface area contributed by atoms with Crippen molar-refractivity contribution < 1.29 is 4.42 Å². The van der Waals surface area contributed by atoms with Crippen LogP contribution in [0.1, 0.15) is 35.8 Å². The quantitative estimate of drug-likeness (QED) is 0.920. The van der Waals surface area contributed by atoms with Gasteiger partial charge in [-0.3, -0.25) is 4.90 Å². The first kappa shape index (κ1) is 13.5. The Kier molecular flexibility index (Phi) is 3.14. The van der Waals surface area contributed by atoms with Gasteiger partial charge in [-0.15, -0.1) is 0 Å². The van der Waals surface area contributed by atoms with Gasteiger partial charge in [0, 0.05) is 37.4 Å². The standard InChI is InChI=1S/C18H22N4O/c1-2-14(23-5-1)10-22-9-13-6-17-15(16(13)11-22)8-20-18(21-17)19-7-12-3-4-12/h1-2,5,8,12-13,16H,3-4,6-7,9-11H2,(H,19,20,21)/t13-,16-/m0/s1. The third kappa shape index (κ3) is 2.63. The average Bonchev–Trinajstić information content (AvgIpc) is 2.93. The molecule has 2 atom stereocenters. The van der Waals surface area contributed by atoms with Crippen molar-refractivity contribution in [1.29, 1.82) is 0 Å². The Morgan fingerprint density at radius 1 is 1.30 bits per heavy atom. The number of aromatic nitrogens is 2. The Morgan fingerprint density at radius 3 is 3.09 bits per heavy atom. The molecular formula is C18H22N4O. The molecular weight excluding hydrogens is 288 g/mol. The first-order valence-corrected chi connectivity index (χ1v) is 8.69. The van der Waals surface area contributed by atoms with Crippen LogP contribution in [0.25, 0.3) is 0 Å². The molecule has 0 aromatic carbocycles. The molecule has 2 fully saturated rings. The highest BCUT2D eigenvalue weighted by atomic mass is 16.3. The minimum absolute atomic E-state index is 0.595. The molecule has 1 aliphatic heterocycles. The summed E-state index contributed by atoms with van der Waals surface area (Å²) in [6, 6.07) is 4.02. The predicted molar refractivity (Wildman–Crippen MR) is 87.2 cm³/mol. The van der Waals surface area contributed by atoms with Crippen molar-refractivity contribution in [2.75, 3.05) is 25.0 Å². The van der Waals surface area contributed by atoms with E-state index in [-0.39, 0.29) is 0 Å². The Labute approximate surface area is 136 Å². The van der Waals surface area contributed by atoms with Crippen molar-refractivity contribution in [2.24, 2.45) is 11.8 Å². The van der Waals surface area contributed by atoms with E-state index in [0.29, 0.717) is 11.8 Å². The molecule has 0 spiro atoms. The van der Waals surface area contributed by atoms with Crippen LogP contribution in [0, 0.1) is 11.8 Å². The fourth-order valence-corrected chi connectivity index (χ4v) is 4.06. The highest BCUT2D eigenvalue weighted by Crippen LogP contribution is 2.42. The number of fused-ring (bicyclic) bond motifs is 3. The van der Waals surface area contributed by atoms with Crippen molar-refractivity contribution in [2.45, 2.75) is 31.7 Å². The van der Waals surface area contributed by atoms with E-state index < -0.39 is 0 Å². The summed E-state index contributed by atoms with van der Waals surface area (Å²) >= 11 is 0. The second-order valence-electron chi connectivity index (χ2n) is 7.26. The van der Waals surface area contributed by atoms with E-state index >= 15 is 0 Å². The van der Waals surface area contributed by atoms with Crippen molar-refractivity contribution >= 4 is 5.95 Å². The number of furan rings is 1. The molecule has 5 heteroatoms. The van der Waals surface area contributed by atoms with Crippen molar-refractivity contribution in [3.05, 3.63) is 41.6 Å². The number of anilines is 1. The zero-order chi connectivity index (χ0) is 15.2. The van der Waals surface area contributed by atoms with Crippen LogP contribution in [-0.4, -0.2) is 34.5 Å². The largest absolute Gasteiger partial charge is 0.468 e. The fourth-order valence-electron chi connectivity index (χ4n) is 4.06. The summed E-state index contributed by atoms with van der Waals surface area (Å²) < 4.78 is 5.48. The van der Waals surface area contributed by atoms with Crippen LogP contribution < -0.4 is 5.32 Å². The highest BCUT2D eigenvalue weighted by Gasteiger charge is 2.41. The second-order valence-corrected chi connectivity index (χ2v) is 7.26. The molecule has 2 aromatic rings. The third-order valence-electron chi connectivity index (χ3n) is 5.48. The number of rotatable bonds is 5. The van der Waals surface area contributed by atoms with E-state index in [4.69, 9.17) is 9.40 Å². The topological polar surface area (TPSA) is 54.2 Å². The van der Waals surface area contributed by atoms with Crippen LogP contribution >= 0.6 is 0 Å². The Bertz CT molecular complexity index is 695. The van der Waals surface area contributed by atoms with Crippen LogP contribution in [0.5, 0.6) is 0 Å². The van der Waals surface area contributed by atoms with Gasteiger partial charge in [-0.1, -0.05) is 0 Å². The van der Waals surface area contributed by atoms with Gasteiger partial charge in [0.05, 0.1) is 12.8 Å². The minimum atomic E-state index is 0.595. The molecule has 5 nitrogen and oxygen atoms in total. The van der Waals surface area contributed by atoms with E-state index in [1.807, 2.05) is 6.07 Å². The van der Waals surface area contributed by atoms with Gasteiger partial charge in [-0.05, 0) is 48.8 Å². The van der Waals surface area contributed by atoms with Gasteiger partial charge in [-0.2, -0.15) is 0 Å². The van der Waals surface area contributed by atoms with Crippen LogP contribution in [0.2, 0.25) is 0 Å². The van der Waals surface area contributed by atoms with Gasteiger partial charge in [0.1, 0.15) is 5.76 Å². The van der Waals surface area contributed by atoms with Gasteiger partial charge in [-0.25, -0.2) is 9.97 Å². The van der Waals surface area contributed by atoms with Crippen LogP contribution in [0.3, 0.4) is 0 Å². The monoisotopic (exact) mass is 310 g/mol. The van der Waals surface area contributed by atoms with Gasteiger partial charge >= 0.3 is 0 Å². The number of hydrogen-bond donors (Lipinski definition) is 1. The highest BCUT2D eigenvalue weighted by molar-refractivity contribution is 5.37. The fraction of sp³-hybridized carbons (Fsp3) is 0.556. The molecule has 0 unspecified atom stereocenters. The first-order chi connectivity index (χ1) is 11.3. The Balaban J connectivity index is 1.27. The molecule has 0 amide bonds. The molecule has 2 aliphatic carbocycles. The molecule has 3 heterocycles. The Morgan fingerprint density at radius 2 is 2.26 bits per heavy atom. The molecule has 120 valence electrons. The first-order valence-electron chi connectivity index (χ1n) is 8.69. The number of nitrogens with zero attached hydrogens (tertiary/aromatic N) is 3. The lowest BCUT2D eigenvalue weighted by Crippen LogP contribution is -2.21. The third-order valence-corrected chi connectivity index (χ3v) is 5.48. The molecule has 5 rings (SSSR count).